The van der Waals surface area contributed by atoms with Crippen molar-refractivity contribution in [2.75, 3.05) is 13.2 Å². The van der Waals surface area contributed by atoms with Gasteiger partial charge in [0.1, 0.15) is 13.2 Å². The fraction of sp³-hybridized carbons (Fsp3) is 0.533. The molecular formula is C75H114O6. The molecule has 0 saturated carbocycles. The van der Waals surface area contributed by atoms with Crippen molar-refractivity contribution in [3.63, 3.8) is 0 Å². The van der Waals surface area contributed by atoms with Crippen LogP contribution in [-0.2, 0) is 28.6 Å². The fourth-order valence-corrected chi connectivity index (χ4v) is 7.91. The van der Waals surface area contributed by atoms with E-state index < -0.39 is 6.10 Å². The molecule has 0 bridgehead atoms. The number of hydrogen-bond acceptors (Lipinski definition) is 6. The van der Waals surface area contributed by atoms with Crippen LogP contribution in [0.1, 0.15) is 239 Å². The summed E-state index contributed by atoms with van der Waals surface area (Å²) in [5.41, 5.74) is 0. The minimum atomic E-state index is -0.835. The van der Waals surface area contributed by atoms with Gasteiger partial charge in [0.2, 0.25) is 0 Å². The van der Waals surface area contributed by atoms with E-state index in [9.17, 15) is 14.4 Å². The number of unbranched alkanes of at least 4 members (excludes halogenated alkanes) is 12. The molecule has 1 atom stereocenters. The number of carbonyl (C=O) groups excluding carboxylic acids is 3. The van der Waals surface area contributed by atoms with Crippen LogP contribution in [0.2, 0.25) is 0 Å². The van der Waals surface area contributed by atoms with Crippen molar-refractivity contribution < 1.29 is 28.6 Å². The van der Waals surface area contributed by atoms with Crippen molar-refractivity contribution in [1.82, 2.24) is 0 Å². The molecule has 0 aliphatic carbocycles. The molecule has 0 N–H and O–H groups in total. The minimum absolute atomic E-state index is 0.123. The monoisotopic (exact) mass is 1110 g/mol. The minimum Gasteiger partial charge on any atom is -0.462 e. The summed E-state index contributed by atoms with van der Waals surface area (Å²) in [6.07, 6.45) is 101. The smallest absolute Gasteiger partial charge is 0.306 e. The molecule has 0 aromatic rings. The zero-order valence-electron chi connectivity index (χ0n) is 51.5. The molecule has 0 aliphatic rings. The first-order valence-electron chi connectivity index (χ1n) is 31.9. The molecule has 1 unspecified atom stereocenters. The van der Waals surface area contributed by atoms with Gasteiger partial charge in [-0.1, -0.05) is 254 Å². The first kappa shape index (κ1) is 75.2. The Balaban J connectivity index is 4.59. The molecule has 0 amide bonds. The molecule has 6 nitrogen and oxygen atoms in total. The van der Waals surface area contributed by atoms with Crippen LogP contribution in [0, 0.1) is 0 Å². The fourth-order valence-electron chi connectivity index (χ4n) is 7.91. The second-order valence-electron chi connectivity index (χ2n) is 20.2. The quantitative estimate of drug-likeness (QED) is 0.0261. The molecule has 0 fully saturated rings. The summed E-state index contributed by atoms with van der Waals surface area (Å²) in [6, 6.07) is 0. The van der Waals surface area contributed by atoms with Gasteiger partial charge in [-0.3, -0.25) is 14.4 Å². The summed E-state index contributed by atoms with van der Waals surface area (Å²) >= 11 is 0. The first-order chi connectivity index (χ1) is 40.0. The second-order valence-corrected chi connectivity index (χ2v) is 20.2. The van der Waals surface area contributed by atoms with Crippen molar-refractivity contribution in [3.05, 3.63) is 194 Å². The Morgan fingerprint density at radius 1 is 0.247 bits per heavy atom. The van der Waals surface area contributed by atoms with Crippen molar-refractivity contribution in [2.24, 2.45) is 0 Å². The standard InChI is InChI=1S/C75H114O6/c1-4-7-10-13-16-19-22-25-28-31-34-36-37-39-41-44-47-50-53-56-59-62-65-68-74(77)80-71-72(70-79-73(76)67-64-61-58-55-52-49-46-43-40-33-30-27-24-21-18-15-12-9-6-3)81-75(78)69-66-63-60-57-54-51-48-45-42-38-35-32-29-26-23-20-17-14-11-8-5-2/h7-12,16-21,25-30,34-36,38-41,43,45,48-49,52,54,57,72H,4-6,13-15,22-24,31-33,37,42,44,46-47,50-51,53,55-56,58-71H2,1-3H3/b10-7-,11-8-,12-9-,19-16-,20-17-,21-18-,28-25-,29-26-,30-27-,36-34-,38-35-,41-39-,43-40-,48-45-,52-49-,57-54-. The maximum Gasteiger partial charge on any atom is 0.306 e. The lowest BCUT2D eigenvalue weighted by Gasteiger charge is -2.18. The summed E-state index contributed by atoms with van der Waals surface area (Å²) < 4.78 is 16.9. The highest BCUT2D eigenvalue weighted by atomic mass is 16.6. The van der Waals surface area contributed by atoms with Gasteiger partial charge in [-0.05, 0) is 161 Å². The number of esters is 3. The highest BCUT2D eigenvalue weighted by Crippen LogP contribution is 2.13. The van der Waals surface area contributed by atoms with Crippen LogP contribution in [0.4, 0.5) is 0 Å². The number of ether oxygens (including phenoxy) is 3. The predicted molar refractivity (Wildman–Crippen MR) is 352 cm³/mol. The zero-order chi connectivity index (χ0) is 58.5. The van der Waals surface area contributed by atoms with E-state index in [0.717, 1.165) is 173 Å². The molecule has 0 aromatic heterocycles. The van der Waals surface area contributed by atoms with Crippen molar-refractivity contribution >= 4 is 17.9 Å². The maximum atomic E-state index is 12.9. The zero-order valence-corrected chi connectivity index (χ0v) is 51.5. The van der Waals surface area contributed by atoms with Gasteiger partial charge in [-0.2, -0.15) is 0 Å². The van der Waals surface area contributed by atoms with Crippen LogP contribution in [0.5, 0.6) is 0 Å². The van der Waals surface area contributed by atoms with Crippen LogP contribution in [0.3, 0.4) is 0 Å². The Bertz CT molecular complexity index is 1950. The maximum absolute atomic E-state index is 12.9. The number of hydrogen-bond donors (Lipinski definition) is 0. The Kier molecular flexibility index (Phi) is 62.0. The Labute approximate surface area is 497 Å². The molecule has 81 heavy (non-hydrogen) atoms. The SMILES string of the molecule is CC/C=C\C/C=C\C/C=C\C/C=C\C/C=C\C/C=C\CCCCC(=O)OC(COC(=O)CCCCC/C=C\C/C=C\C/C=C\C/C=C\C/C=C\CC)COC(=O)CCCCCCCCC/C=C\C/C=C\C/C=C\C/C=C\C/C=C\CC. The Hall–Kier alpha value is -5.75. The van der Waals surface area contributed by atoms with Gasteiger partial charge in [-0.25, -0.2) is 0 Å². The lowest BCUT2D eigenvalue weighted by molar-refractivity contribution is -0.167. The van der Waals surface area contributed by atoms with Gasteiger partial charge in [-0.15, -0.1) is 0 Å². The third kappa shape index (κ3) is 64.9. The van der Waals surface area contributed by atoms with Gasteiger partial charge in [0.15, 0.2) is 6.10 Å². The molecule has 6 heteroatoms. The molecule has 0 aliphatic heterocycles. The van der Waals surface area contributed by atoms with E-state index in [1.807, 2.05) is 0 Å². The molecule has 0 heterocycles. The Morgan fingerprint density at radius 3 is 0.728 bits per heavy atom. The average molecular weight is 1110 g/mol. The van der Waals surface area contributed by atoms with Crippen molar-refractivity contribution in [3.8, 4) is 0 Å². The summed E-state index contributed by atoms with van der Waals surface area (Å²) in [7, 11) is 0. The normalized spacial score (nSPS) is 13.5. The third-order valence-electron chi connectivity index (χ3n) is 12.6. The summed E-state index contributed by atoms with van der Waals surface area (Å²) in [6.45, 7) is 6.21. The lowest BCUT2D eigenvalue weighted by atomic mass is 10.1. The highest BCUT2D eigenvalue weighted by Gasteiger charge is 2.19. The van der Waals surface area contributed by atoms with E-state index in [0.29, 0.717) is 19.3 Å². The van der Waals surface area contributed by atoms with Crippen LogP contribution < -0.4 is 0 Å². The summed E-state index contributed by atoms with van der Waals surface area (Å²) in [4.78, 5) is 38.4. The van der Waals surface area contributed by atoms with Gasteiger partial charge < -0.3 is 14.2 Å². The number of allylic oxidation sites excluding steroid dienone is 32. The molecule has 0 rings (SSSR count). The van der Waals surface area contributed by atoms with E-state index in [2.05, 4.69) is 215 Å². The third-order valence-corrected chi connectivity index (χ3v) is 12.6. The average Bonchev–Trinajstić information content (AvgIpc) is 3.47. The van der Waals surface area contributed by atoms with E-state index >= 15 is 0 Å². The molecule has 450 valence electrons. The van der Waals surface area contributed by atoms with Crippen LogP contribution in [-0.4, -0.2) is 37.2 Å². The first-order valence-corrected chi connectivity index (χ1v) is 31.9. The molecule has 0 saturated heterocycles. The second kappa shape index (κ2) is 66.8. The molecule has 0 radical (unpaired) electrons. The van der Waals surface area contributed by atoms with Crippen molar-refractivity contribution in [2.45, 2.75) is 245 Å². The summed E-state index contributed by atoms with van der Waals surface area (Å²) in [5, 5.41) is 0. The Morgan fingerprint density at radius 2 is 0.444 bits per heavy atom. The largest absolute Gasteiger partial charge is 0.462 e. The van der Waals surface area contributed by atoms with E-state index in [1.165, 1.54) is 19.3 Å². The van der Waals surface area contributed by atoms with Crippen LogP contribution >= 0.6 is 0 Å². The topological polar surface area (TPSA) is 78.9 Å². The lowest BCUT2D eigenvalue weighted by Crippen LogP contribution is -2.30. The van der Waals surface area contributed by atoms with Gasteiger partial charge in [0, 0.05) is 19.3 Å². The number of carbonyl (C=O) groups is 3. The van der Waals surface area contributed by atoms with Crippen molar-refractivity contribution in [1.29, 1.82) is 0 Å². The van der Waals surface area contributed by atoms with Crippen LogP contribution in [0.25, 0.3) is 0 Å². The van der Waals surface area contributed by atoms with Crippen LogP contribution in [0.15, 0.2) is 194 Å². The van der Waals surface area contributed by atoms with Gasteiger partial charge in [0.25, 0.3) is 0 Å². The van der Waals surface area contributed by atoms with E-state index in [-0.39, 0.29) is 37.5 Å². The summed E-state index contributed by atoms with van der Waals surface area (Å²) in [5.74, 6) is -1.02. The predicted octanol–water partition coefficient (Wildman–Crippen LogP) is 22.2. The van der Waals surface area contributed by atoms with Gasteiger partial charge >= 0.3 is 17.9 Å². The van der Waals surface area contributed by atoms with E-state index in [1.54, 1.807) is 0 Å². The number of rotatable bonds is 55. The molecule has 0 aromatic carbocycles. The highest BCUT2D eigenvalue weighted by molar-refractivity contribution is 5.71. The molecular weight excluding hydrogens is 997 g/mol. The molecule has 0 spiro atoms. The van der Waals surface area contributed by atoms with E-state index in [4.69, 9.17) is 14.2 Å². The van der Waals surface area contributed by atoms with Gasteiger partial charge in [0.05, 0.1) is 0 Å².